The van der Waals surface area contributed by atoms with Gasteiger partial charge in [-0.15, -0.1) is 11.8 Å². The van der Waals surface area contributed by atoms with Crippen LogP contribution in [0, 0.1) is 10.8 Å². The number of allylic oxidation sites excluding steroid dienone is 9. The molecule has 1 unspecified atom stereocenters. The number of benzene rings is 2. The van der Waals surface area contributed by atoms with Crippen molar-refractivity contribution in [2.24, 2.45) is 0 Å². The number of carbonyl (C=O) groups excluding carboxylic acids is 2. The van der Waals surface area contributed by atoms with Crippen LogP contribution in [-0.2, 0) is 9.59 Å². The maximum atomic E-state index is 13.3. The minimum Gasteiger partial charge on any atom is -0.321 e. The van der Waals surface area contributed by atoms with Gasteiger partial charge in [0.05, 0.1) is 5.71 Å². The molecule has 41 heavy (non-hydrogen) atoms. The molecule has 5 nitrogen and oxygen atoms in total. The number of rotatable bonds is 9. The Labute approximate surface area is 245 Å². The number of amides is 1. The summed E-state index contributed by atoms with van der Waals surface area (Å²) >= 11 is 1.76. The number of hydrogen-bond donors (Lipinski definition) is 3. The van der Waals surface area contributed by atoms with Crippen LogP contribution in [0.3, 0.4) is 0 Å². The van der Waals surface area contributed by atoms with Gasteiger partial charge in [-0.3, -0.25) is 9.59 Å². The van der Waals surface area contributed by atoms with E-state index in [1.54, 1.807) is 30.0 Å². The van der Waals surface area contributed by atoms with Crippen molar-refractivity contribution in [3.63, 3.8) is 0 Å². The molecule has 2 heterocycles. The first-order chi connectivity index (χ1) is 19.8. The average molecular weight is 560 g/mol. The Morgan fingerprint density at radius 1 is 1.15 bits per heavy atom. The van der Waals surface area contributed by atoms with Crippen LogP contribution in [0.25, 0.3) is 28.9 Å². The zero-order valence-corrected chi connectivity index (χ0v) is 24.3. The molecule has 0 radical (unpaired) electrons. The maximum absolute atomic E-state index is 13.3. The molecule has 2 aromatic carbocycles. The highest BCUT2D eigenvalue weighted by Gasteiger charge is 2.29. The summed E-state index contributed by atoms with van der Waals surface area (Å²) in [6, 6.07) is 9.86. The molecule has 5 rings (SSSR count). The largest absolute Gasteiger partial charge is 0.321 e. The third-order valence-electron chi connectivity index (χ3n) is 7.53. The first kappa shape index (κ1) is 28.2. The normalized spacial score (nSPS) is 19.1. The lowest BCUT2D eigenvalue weighted by molar-refractivity contribution is -0.114. The van der Waals surface area contributed by atoms with Crippen molar-refractivity contribution in [1.82, 2.24) is 0 Å². The SMILES string of the molecule is CCC(/C=C\C=N)=C(C)\C=C1/C(=O)Nc2ccc(/C=C/C(=O)CC3=CCC(C)S3)c(-c3ccc4c(c3)C(=N)C=C4)c21. The van der Waals surface area contributed by atoms with Gasteiger partial charge in [-0.25, -0.2) is 0 Å². The standard InChI is InChI=1S/C35H33N3O2S/c1-4-23(6-5-17-36)21(2)18-30-34-32(38-35(30)40)16-12-25(10-13-27(39)20-28-14-7-22(3)41-28)33(34)26-9-8-24-11-15-31(37)29(24)19-26/h5-6,8-19,22,36-37H,4,7,20H2,1-3H3,(H,38,40)/b6-5-,13-10+,23-21+,30-18-,36-17?,37-31?. The monoisotopic (exact) mass is 559 g/mol. The van der Waals surface area contributed by atoms with E-state index in [1.165, 1.54) is 6.21 Å². The van der Waals surface area contributed by atoms with E-state index in [1.807, 2.05) is 68.5 Å². The van der Waals surface area contributed by atoms with Crippen LogP contribution in [-0.4, -0.2) is 28.9 Å². The van der Waals surface area contributed by atoms with Crippen LogP contribution in [0.2, 0.25) is 0 Å². The van der Waals surface area contributed by atoms with Crippen molar-refractivity contribution >= 4 is 58.8 Å². The number of fused-ring (bicyclic) bond motifs is 2. The first-order valence-electron chi connectivity index (χ1n) is 13.8. The van der Waals surface area contributed by atoms with Gasteiger partial charge in [0, 0.05) is 40.3 Å². The van der Waals surface area contributed by atoms with Crippen LogP contribution in [0.4, 0.5) is 5.69 Å². The van der Waals surface area contributed by atoms with E-state index in [9.17, 15) is 9.59 Å². The molecule has 0 fully saturated rings. The van der Waals surface area contributed by atoms with Crippen LogP contribution >= 0.6 is 11.8 Å². The van der Waals surface area contributed by atoms with E-state index in [2.05, 4.69) is 18.3 Å². The second kappa shape index (κ2) is 12.1. The van der Waals surface area contributed by atoms with E-state index in [0.717, 1.165) is 68.0 Å². The Morgan fingerprint density at radius 3 is 2.71 bits per heavy atom. The molecule has 6 heteroatoms. The van der Waals surface area contributed by atoms with Crippen LogP contribution in [0.1, 0.15) is 62.3 Å². The summed E-state index contributed by atoms with van der Waals surface area (Å²) < 4.78 is 0. The zero-order valence-electron chi connectivity index (χ0n) is 23.5. The van der Waals surface area contributed by atoms with E-state index in [4.69, 9.17) is 10.8 Å². The Balaban J connectivity index is 1.64. The molecule has 1 aliphatic carbocycles. The van der Waals surface area contributed by atoms with Crippen molar-refractivity contribution in [2.75, 3.05) is 5.32 Å². The predicted molar refractivity (Wildman–Crippen MR) is 174 cm³/mol. The number of nitrogens with one attached hydrogen (secondary N) is 3. The summed E-state index contributed by atoms with van der Waals surface area (Å²) in [5, 5.41) is 19.3. The van der Waals surface area contributed by atoms with Crippen molar-refractivity contribution in [3.8, 4) is 11.1 Å². The van der Waals surface area contributed by atoms with Crippen molar-refractivity contribution in [3.05, 3.63) is 105 Å². The van der Waals surface area contributed by atoms with Crippen molar-refractivity contribution in [1.29, 1.82) is 10.8 Å². The van der Waals surface area contributed by atoms with E-state index in [-0.39, 0.29) is 11.7 Å². The van der Waals surface area contributed by atoms with Crippen molar-refractivity contribution in [2.45, 2.75) is 45.3 Å². The number of carbonyl (C=O) groups is 2. The molecule has 0 saturated heterocycles. The zero-order chi connectivity index (χ0) is 29.1. The summed E-state index contributed by atoms with van der Waals surface area (Å²) in [5.41, 5.74) is 8.89. The summed E-state index contributed by atoms with van der Waals surface area (Å²) in [7, 11) is 0. The highest BCUT2D eigenvalue weighted by molar-refractivity contribution is 8.03. The fraction of sp³-hybridized carbons (Fsp3) is 0.200. The molecule has 3 aliphatic rings. The second-order valence-corrected chi connectivity index (χ2v) is 12.0. The van der Waals surface area contributed by atoms with Gasteiger partial charge >= 0.3 is 0 Å². The molecule has 2 aromatic rings. The average Bonchev–Trinajstić information content (AvgIpc) is 3.64. The van der Waals surface area contributed by atoms with Crippen molar-refractivity contribution < 1.29 is 9.59 Å². The van der Waals surface area contributed by atoms with Gasteiger partial charge in [0.25, 0.3) is 5.91 Å². The lowest BCUT2D eigenvalue weighted by Crippen LogP contribution is -2.04. The summed E-state index contributed by atoms with van der Waals surface area (Å²) in [4.78, 5) is 27.4. The number of ketones is 1. The number of anilines is 1. The first-order valence-corrected chi connectivity index (χ1v) is 14.7. The maximum Gasteiger partial charge on any atom is 0.256 e. The van der Waals surface area contributed by atoms with Gasteiger partial charge in [-0.2, -0.15) is 0 Å². The van der Waals surface area contributed by atoms with E-state index >= 15 is 0 Å². The Hall–Kier alpha value is -4.29. The highest BCUT2D eigenvalue weighted by Crippen LogP contribution is 2.44. The minimum atomic E-state index is -0.181. The van der Waals surface area contributed by atoms with Gasteiger partial charge in [0.1, 0.15) is 0 Å². The summed E-state index contributed by atoms with van der Waals surface area (Å²) in [5.74, 6) is -0.141. The summed E-state index contributed by atoms with van der Waals surface area (Å²) in [6.07, 6.45) is 18.3. The third-order valence-corrected chi connectivity index (χ3v) is 8.74. The minimum absolute atomic E-state index is 0.0403. The molecule has 206 valence electrons. The van der Waals surface area contributed by atoms with Crippen LogP contribution in [0.5, 0.6) is 0 Å². The molecule has 1 atom stereocenters. The molecular weight excluding hydrogens is 526 g/mol. The second-order valence-electron chi connectivity index (χ2n) is 10.4. The quantitative estimate of drug-likeness (QED) is 0.164. The molecule has 0 bridgehead atoms. The molecule has 3 N–H and O–H groups in total. The number of thioether (sulfide) groups is 1. The Kier molecular flexibility index (Phi) is 8.31. The predicted octanol–water partition coefficient (Wildman–Crippen LogP) is 8.40. The van der Waals surface area contributed by atoms with E-state index < -0.39 is 0 Å². The van der Waals surface area contributed by atoms with Gasteiger partial charge in [-0.05, 0) is 94.5 Å². The Bertz CT molecular complexity index is 1670. The summed E-state index contributed by atoms with van der Waals surface area (Å²) in [6.45, 7) is 6.20. The topological polar surface area (TPSA) is 93.9 Å². The van der Waals surface area contributed by atoms with Gasteiger partial charge < -0.3 is 16.1 Å². The molecule has 0 aromatic heterocycles. The smallest absolute Gasteiger partial charge is 0.256 e. The van der Waals surface area contributed by atoms with Crippen LogP contribution < -0.4 is 5.32 Å². The molecule has 0 spiro atoms. The van der Waals surface area contributed by atoms with Gasteiger partial charge in [0.15, 0.2) is 5.78 Å². The molecule has 2 aliphatic heterocycles. The molecule has 0 saturated carbocycles. The Morgan fingerprint density at radius 2 is 1.98 bits per heavy atom. The fourth-order valence-corrected chi connectivity index (χ4v) is 6.55. The lowest BCUT2D eigenvalue weighted by Gasteiger charge is -2.15. The fourth-order valence-electron chi connectivity index (χ4n) is 5.43. The molecule has 1 amide bonds. The molecular formula is C35H33N3O2S. The third kappa shape index (κ3) is 5.93. The van der Waals surface area contributed by atoms with Gasteiger partial charge in [-0.1, -0.05) is 56.4 Å². The lowest BCUT2D eigenvalue weighted by atomic mass is 9.88. The van der Waals surface area contributed by atoms with Gasteiger partial charge in [0.2, 0.25) is 0 Å². The highest BCUT2D eigenvalue weighted by atomic mass is 32.2. The van der Waals surface area contributed by atoms with E-state index in [0.29, 0.717) is 23.0 Å². The number of hydrogen-bond acceptors (Lipinski definition) is 5. The van der Waals surface area contributed by atoms with Crippen LogP contribution in [0.15, 0.2) is 82.8 Å².